The quantitative estimate of drug-likeness (QED) is 0.248. The lowest BCUT2D eigenvalue weighted by Gasteiger charge is -2.12. The molecule has 2 aromatic rings. The number of hydroxylamine groups is 1. The molecule has 0 aliphatic rings. The third-order valence-corrected chi connectivity index (χ3v) is 4.41. The van der Waals surface area contributed by atoms with Crippen LogP contribution in [0.15, 0.2) is 18.2 Å². The predicted molar refractivity (Wildman–Crippen MR) is 103 cm³/mol. The Morgan fingerprint density at radius 3 is 2.65 bits per heavy atom. The van der Waals surface area contributed by atoms with Gasteiger partial charge in [-0.2, -0.15) is 0 Å². The predicted octanol–water partition coefficient (Wildman–Crippen LogP) is 2.68. The Morgan fingerprint density at radius 1 is 1.38 bits per heavy atom. The number of ketones is 1. The van der Waals surface area contributed by atoms with E-state index in [1.54, 1.807) is 26.1 Å². The number of Topliss-reactive ketones (excluding diaryl/α,β-unsaturated/α-hetero) is 1. The summed E-state index contributed by atoms with van der Waals surface area (Å²) >= 11 is 2.00. The fraction of sp³-hybridized carbons (Fsp3) is 0.294. The number of hydrogen-bond donors (Lipinski definition) is 3. The first-order chi connectivity index (χ1) is 12.3. The van der Waals surface area contributed by atoms with E-state index in [9.17, 15) is 14.0 Å². The van der Waals surface area contributed by atoms with E-state index in [2.05, 4.69) is 10.8 Å². The van der Waals surface area contributed by atoms with Crippen molar-refractivity contribution in [2.24, 2.45) is 7.05 Å². The third kappa shape index (κ3) is 4.22. The second-order valence-electron chi connectivity index (χ2n) is 5.56. The Balaban J connectivity index is 2.50. The van der Waals surface area contributed by atoms with Crippen molar-refractivity contribution in [3.05, 3.63) is 44.4 Å². The van der Waals surface area contributed by atoms with E-state index in [1.807, 2.05) is 22.6 Å². The van der Waals surface area contributed by atoms with E-state index in [-0.39, 0.29) is 36.1 Å². The molecule has 26 heavy (non-hydrogen) atoms. The van der Waals surface area contributed by atoms with Crippen molar-refractivity contribution < 1.29 is 23.9 Å². The molecule has 9 heteroatoms. The maximum Gasteiger partial charge on any atom is 0.278 e. The number of aromatic nitrogens is 1. The summed E-state index contributed by atoms with van der Waals surface area (Å²) in [4.78, 5) is 29.3. The van der Waals surface area contributed by atoms with Gasteiger partial charge in [0.25, 0.3) is 5.91 Å². The molecule has 1 aromatic heterocycles. The Bertz CT molecular complexity index is 851. The number of aliphatic hydroxyl groups excluding tert-OH is 1. The lowest BCUT2D eigenvalue weighted by molar-refractivity contribution is 0.0168. The SMILES string of the molecule is CC(=O)c1c(C)c(C(=O)NOCCO)c(Nc2ccc(I)cc2F)n1C. The number of anilines is 2. The van der Waals surface area contributed by atoms with Crippen LogP contribution in [-0.4, -0.2) is 34.6 Å². The molecule has 0 atom stereocenters. The van der Waals surface area contributed by atoms with Crippen molar-refractivity contribution in [1.82, 2.24) is 10.0 Å². The first-order valence-electron chi connectivity index (χ1n) is 7.73. The molecule has 2 rings (SSSR count). The van der Waals surface area contributed by atoms with Gasteiger partial charge in [-0.05, 0) is 53.3 Å². The van der Waals surface area contributed by atoms with Crippen LogP contribution in [-0.2, 0) is 11.9 Å². The van der Waals surface area contributed by atoms with E-state index in [0.717, 1.165) is 3.57 Å². The number of nitrogens with one attached hydrogen (secondary N) is 2. The zero-order chi connectivity index (χ0) is 19.4. The molecule has 0 saturated carbocycles. The second-order valence-corrected chi connectivity index (χ2v) is 6.81. The average molecular weight is 475 g/mol. The van der Waals surface area contributed by atoms with Crippen LogP contribution >= 0.6 is 22.6 Å². The molecular weight excluding hydrogens is 456 g/mol. The molecule has 1 heterocycles. The van der Waals surface area contributed by atoms with E-state index in [1.165, 1.54) is 17.6 Å². The number of hydrogen-bond acceptors (Lipinski definition) is 5. The number of benzene rings is 1. The fourth-order valence-corrected chi connectivity index (χ4v) is 3.14. The molecule has 0 aliphatic carbocycles. The fourth-order valence-electron chi connectivity index (χ4n) is 2.68. The van der Waals surface area contributed by atoms with Crippen LogP contribution in [0.25, 0.3) is 0 Å². The molecule has 0 spiro atoms. The number of halogens is 2. The number of nitrogens with zero attached hydrogens (tertiary/aromatic N) is 1. The minimum absolute atomic E-state index is 0.0777. The second kappa shape index (κ2) is 8.60. The monoisotopic (exact) mass is 475 g/mol. The number of carbonyl (C=O) groups excluding carboxylic acids is 2. The normalized spacial score (nSPS) is 10.7. The molecule has 0 unspecified atom stereocenters. The Hall–Kier alpha value is -1.98. The Labute approximate surface area is 163 Å². The highest BCUT2D eigenvalue weighted by molar-refractivity contribution is 14.1. The van der Waals surface area contributed by atoms with Gasteiger partial charge < -0.3 is 15.0 Å². The maximum atomic E-state index is 14.2. The van der Waals surface area contributed by atoms with Gasteiger partial charge in [-0.3, -0.25) is 14.4 Å². The third-order valence-electron chi connectivity index (χ3n) is 3.74. The van der Waals surface area contributed by atoms with Crippen LogP contribution in [0, 0.1) is 16.3 Å². The summed E-state index contributed by atoms with van der Waals surface area (Å²) in [5.41, 5.74) is 3.31. The van der Waals surface area contributed by atoms with Gasteiger partial charge in [-0.15, -0.1) is 0 Å². The molecule has 7 nitrogen and oxygen atoms in total. The van der Waals surface area contributed by atoms with Crippen LogP contribution < -0.4 is 10.8 Å². The molecule has 140 valence electrons. The molecule has 0 fully saturated rings. The van der Waals surface area contributed by atoms with Crippen LogP contribution in [0.5, 0.6) is 0 Å². The molecule has 1 aromatic carbocycles. The van der Waals surface area contributed by atoms with Crippen molar-refractivity contribution in [3.8, 4) is 0 Å². The molecular formula is C17H19FIN3O4. The number of rotatable bonds is 7. The van der Waals surface area contributed by atoms with E-state index < -0.39 is 11.7 Å². The number of aliphatic hydroxyl groups is 1. The summed E-state index contributed by atoms with van der Waals surface area (Å²) in [6.07, 6.45) is 0. The molecule has 0 saturated heterocycles. The molecule has 0 aliphatic heterocycles. The molecule has 0 bridgehead atoms. The number of carbonyl (C=O) groups is 2. The van der Waals surface area contributed by atoms with Crippen LogP contribution in [0.2, 0.25) is 0 Å². The van der Waals surface area contributed by atoms with Gasteiger partial charge in [0.1, 0.15) is 11.6 Å². The highest BCUT2D eigenvalue weighted by Crippen LogP contribution is 2.30. The summed E-state index contributed by atoms with van der Waals surface area (Å²) < 4.78 is 16.5. The lowest BCUT2D eigenvalue weighted by Crippen LogP contribution is -2.26. The summed E-state index contributed by atoms with van der Waals surface area (Å²) in [6.45, 7) is 2.69. The Morgan fingerprint density at radius 2 is 2.08 bits per heavy atom. The van der Waals surface area contributed by atoms with E-state index >= 15 is 0 Å². The van der Waals surface area contributed by atoms with Crippen LogP contribution in [0.1, 0.15) is 33.3 Å². The van der Waals surface area contributed by atoms with Gasteiger partial charge in [0.05, 0.1) is 30.2 Å². The summed E-state index contributed by atoms with van der Waals surface area (Å²) in [7, 11) is 1.61. The summed E-state index contributed by atoms with van der Waals surface area (Å²) in [5, 5.41) is 11.6. The van der Waals surface area contributed by atoms with Crippen LogP contribution in [0.3, 0.4) is 0 Å². The number of amides is 1. The van der Waals surface area contributed by atoms with E-state index in [4.69, 9.17) is 9.94 Å². The Kier molecular flexibility index (Phi) is 6.73. The van der Waals surface area contributed by atoms with Crippen molar-refractivity contribution >= 4 is 45.8 Å². The van der Waals surface area contributed by atoms with Gasteiger partial charge >= 0.3 is 0 Å². The van der Waals surface area contributed by atoms with Crippen molar-refractivity contribution in [1.29, 1.82) is 0 Å². The smallest absolute Gasteiger partial charge is 0.278 e. The highest BCUT2D eigenvalue weighted by Gasteiger charge is 2.26. The topological polar surface area (TPSA) is 92.6 Å². The van der Waals surface area contributed by atoms with Crippen molar-refractivity contribution in [2.75, 3.05) is 18.5 Å². The molecule has 0 radical (unpaired) electrons. The minimum Gasteiger partial charge on any atom is -0.394 e. The first-order valence-corrected chi connectivity index (χ1v) is 8.81. The molecule has 3 N–H and O–H groups in total. The zero-order valence-electron chi connectivity index (χ0n) is 14.5. The van der Waals surface area contributed by atoms with Gasteiger partial charge in [-0.1, -0.05) is 0 Å². The largest absolute Gasteiger partial charge is 0.394 e. The van der Waals surface area contributed by atoms with Gasteiger partial charge in [-0.25, -0.2) is 9.87 Å². The van der Waals surface area contributed by atoms with E-state index in [0.29, 0.717) is 11.3 Å². The standard InChI is InChI=1S/C17H19FIN3O4/c1-9-14(17(25)21-26-7-6-23)16(22(3)15(9)10(2)24)20-13-5-4-11(19)8-12(13)18/h4-5,8,20,23H,6-7H2,1-3H3,(H,21,25). The van der Waals surface area contributed by atoms with Crippen molar-refractivity contribution in [2.45, 2.75) is 13.8 Å². The van der Waals surface area contributed by atoms with Crippen molar-refractivity contribution in [3.63, 3.8) is 0 Å². The van der Waals surface area contributed by atoms with Gasteiger partial charge in [0, 0.05) is 17.5 Å². The highest BCUT2D eigenvalue weighted by atomic mass is 127. The maximum absolute atomic E-state index is 14.2. The zero-order valence-corrected chi connectivity index (χ0v) is 16.7. The lowest BCUT2D eigenvalue weighted by atomic mass is 10.1. The van der Waals surface area contributed by atoms with Gasteiger partial charge in [0.2, 0.25) is 0 Å². The van der Waals surface area contributed by atoms with Crippen LogP contribution in [0.4, 0.5) is 15.9 Å². The van der Waals surface area contributed by atoms with Gasteiger partial charge in [0.15, 0.2) is 5.78 Å². The first kappa shape index (κ1) is 20.3. The minimum atomic E-state index is -0.604. The average Bonchev–Trinajstić information content (AvgIpc) is 2.80. The molecule has 1 amide bonds. The summed E-state index contributed by atoms with van der Waals surface area (Å²) in [6, 6.07) is 4.63. The summed E-state index contributed by atoms with van der Waals surface area (Å²) in [5.74, 6) is -1.06.